The van der Waals surface area contributed by atoms with Gasteiger partial charge in [-0.25, -0.2) is 0 Å². The lowest BCUT2D eigenvalue weighted by molar-refractivity contribution is 0.478. The summed E-state index contributed by atoms with van der Waals surface area (Å²) in [7, 11) is -4.34. The van der Waals surface area contributed by atoms with E-state index in [1.807, 2.05) is 42.5 Å². The van der Waals surface area contributed by atoms with E-state index in [0.717, 1.165) is 11.1 Å². The average molecular weight is 408 g/mol. The van der Waals surface area contributed by atoms with Crippen LogP contribution in [-0.4, -0.2) is 18.1 Å². The van der Waals surface area contributed by atoms with Crippen molar-refractivity contribution in [1.29, 1.82) is 0 Å². The van der Waals surface area contributed by atoms with Crippen molar-refractivity contribution in [3.63, 3.8) is 0 Å². The standard InChI is InChI=1S/C16H13NO3S.C6H7NO/c18-21(19,20)16-14-9-5-4-6-12(14)10-11-15(16)17-13-7-2-1-3-8-13;7-5-3-1-2-4-6(5)8/h1-11,17H,(H,18,19,20);1-4,8H,7H2. The molecule has 5 N–H and O–H groups in total. The van der Waals surface area contributed by atoms with Crippen LogP contribution >= 0.6 is 0 Å². The molecule has 0 spiro atoms. The highest BCUT2D eigenvalue weighted by molar-refractivity contribution is 7.86. The first-order chi connectivity index (χ1) is 13.9. The van der Waals surface area contributed by atoms with Gasteiger partial charge in [0.2, 0.25) is 0 Å². The number of nitrogens with one attached hydrogen (secondary N) is 1. The van der Waals surface area contributed by atoms with E-state index in [4.69, 9.17) is 10.8 Å². The van der Waals surface area contributed by atoms with Gasteiger partial charge in [0.15, 0.2) is 0 Å². The molecule has 0 aliphatic heterocycles. The van der Waals surface area contributed by atoms with Crippen molar-refractivity contribution in [3.8, 4) is 5.75 Å². The number of rotatable bonds is 3. The normalized spacial score (nSPS) is 10.8. The molecule has 0 unspecified atom stereocenters. The van der Waals surface area contributed by atoms with Gasteiger partial charge in [-0.1, -0.05) is 60.7 Å². The molecule has 0 fully saturated rings. The van der Waals surface area contributed by atoms with Crippen molar-refractivity contribution in [2.75, 3.05) is 11.1 Å². The topological polar surface area (TPSA) is 113 Å². The van der Waals surface area contributed by atoms with E-state index >= 15 is 0 Å². The number of hydrogen-bond donors (Lipinski definition) is 4. The summed E-state index contributed by atoms with van der Waals surface area (Å²) in [5.74, 6) is 0.146. The lowest BCUT2D eigenvalue weighted by Crippen LogP contribution is -2.04. The first-order valence-corrected chi connectivity index (χ1v) is 10.1. The number of phenols is 1. The van der Waals surface area contributed by atoms with E-state index in [2.05, 4.69) is 5.32 Å². The fourth-order valence-electron chi connectivity index (χ4n) is 2.78. The average Bonchev–Trinajstić information content (AvgIpc) is 2.70. The van der Waals surface area contributed by atoms with Gasteiger partial charge >= 0.3 is 0 Å². The maximum absolute atomic E-state index is 11.8. The third-order valence-corrected chi connectivity index (χ3v) is 5.08. The van der Waals surface area contributed by atoms with Gasteiger partial charge in [-0.05, 0) is 35.7 Å². The van der Waals surface area contributed by atoms with Crippen molar-refractivity contribution < 1.29 is 18.1 Å². The third kappa shape index (κ3) is 5.04. The maximum Gasteiger partial charge on any atom is 0.297 e. The Morgan fingerprint density at radius 1 is 0.759 bits per heavy atom. The highest BCUT2D eigenvalue weighted by Crippen LogP contribution is 2.32. The second-order valence-electron chi connectivity index (χ2n) is 6.19. The summed E-state index contributed by atoms with van der Waals surface area (Å²) >= 11 is 0. The molecule has 7 heteroatoms. The van der Waals surface area contributed by atoms with Gasteiger partial charge in [0.1, 0.15) is 10.6 Å². The van der Waals surface area contributed by atoms with E-state index in [0.29, 0.717) is 16.8 Å². The fourth-order valence-corrected chi connectivity index (χ4v) is 3.64. The lowest BCUT2D eigenvalue weighted by Gasteiger charge is -2.13. The first-order valence-electron chi connectivity index (χ1n) is 8.71. The quantitative estimate of drug-likeness (QED) is 0.220. The van der Waals surface area contributed by atoms with Gasteiger partial charge in [-0.3, -0.25) is 4.55 Å². The number of para-hydroxylation sites is 3. The highest BCUT2D eigenvalue weighted by Gasteiger charge is 2.19. The van der Waals surface area contributed by atoms with Gasteiger partial charge in [0, 0.05) is 11.1 Å². The predicted molar refractivity (Wildman–Crippen MR) is 116 cm³/mol. The fraction of sp³-hybridized carbons (Fsp3) is 0. The molecule has 0 saturated heterocycles. The highest BCUT2D eigenvalue weighted by atomic mass is 32.2. The molecule has 6 nitrogen and oxygen atoms in total. The molecule has 0 atom stereocenters. The Kier molecular flexibility index (Phi) is 6.01. The van der Waals surface area contributed by atoms with Crippen LogP contribution in [0.1, 0.15) is 0 Å². The van der Waals surface area contributed by atoms with E-state index in [1.54, 1.807) is 48.5 Å². The van der Waals surface area contributed by atoms with Crippen LogP contribution in [0.3, 0.4) is 0 Å². The number of hydrogen-bond acceptors (Lipinski definition) is 5. The summed E-state index contributed by atoms with van der Waals surface area (Å²) in [4.78, 5) is -0.107. The monoisotopic (exact) mass is 408 g/mol. The minimum Gasteiger partial charge on any atom is -0.506 e. The van der Waals surface area contributed by atoms with Crippen molar-refractivity contribution in [2.24, 2.45) is 0 Å². The maximum atomic E-state index is 11.8. The molecule has 0 aliphatic carbocycles. The molecular formula is C22H20N2O4S. The smallest absolute Gasteiger partial charge is 0.297 e. The minimum absolute atomic E-state index is 0.107. The number of nitrogen functional groups attached to an aromatic ring is 1. The molecule has 0 aromatic heterocycles. The van der Waals surface area contributed by atoms with Crippen LogP contribution in [0.25, 0.3) is 10.8 Å². The minimum atomic E-state index is -4.34. The zero-order chi connectivity index (χ0) is 20.9. The van der Waals surface area contributed by atoms with E-state index in [1.165, 1.54) is 0 Å². The van der Waals surface area contributed by atoms with E-state index in [-0.39, 0.29) is 10.6 Å². The number of nitrogens with two attached hydrogens (primary N) is 1. The van der Waals surface area contributed by atoms with Crippen LogP contribution in [0.5, 0.6) is 5.75 Å². The molecule has 0 heterocycles. The second kappa shape index (κ2) is 8.64. The van der Waals surface area contributed by atoms with E-state index < -0.39 is 10.1 Å². The summed E-state index contributed by atoms with van der Waals surface area (Å²) in [6.45, 7) is 0. The van der Waals surface area contributed by atoms with Crippen molar-refractivity contribution in [2.45, 2.75) is 4.90 Å². The number of benzene rings is 4. The summed E-state index contributed by atoms with van der Waals surface area (Å²) < 4.78 is 33.1. The van der Waals surface area contributed by atoms with Crippen LogP contribution in [0.2, 0.25) is 0 Å². The van der Waals surface area contributed by atoms with Crippen LogP contribution in [-0.2, 0) is 10.1 Å². The van der Waals surface area contributed by atoms with Crippen LogP contribution < -0.4 is 11.1 Å². The molecule has 0 aliphatic rings. The zero-order valence-electron chi connectivity index (χ0n) is 15.4. The number of phenolic OH excluding ortho intramolecular Hbond substituents is 1. The van der Waals surface area contributed by atoms with Gasteiger partial charge in [0.05, 0.1) is 11.4 Å². The largest absolute Gasteiger partial charge is 0.506 e. The predicted octanol–water partition coefficient (Wildman–Crippen LogP) is 4.80. The summed E-state index contributed by atoms with van der Waals surface area (Å²) in [6.07, 6.45) is 0. The molecule has 0 bridgehead atoms. The van der Waals surface area contributed by atoms with Crippen LogP contribution in [0, 0.1) is 0 Å². The Morgan fingerprint density at radius 3 is 2.00 bits per heavy atom. The van der Waals surface area contributed by atoms with Crippen LogP contribution in [0.4, 0.5) is 17.1 Å². The van der Waals surface area contributed by atoms with Gasteiger partial charge < -0.3 is 16.2 Å². The molecule has 4 aromatic carbocycles. The first kappa shape index (κ1) is 20.2. The Labute approximate surface area is 169 Å². The summed E-state index contributed by atoms with van der Waals surface area (Å²) in [6, 6.07) is 26.4. The van der Waals surface area contributed by atoms with Crippen molar-refractivity contribution >= 4 is 38.0 Å². The molecule has 4 rings (SSSR count). The molecule has 148 valence electrons. The van der Waals surface area contributed by atoms with Crippen molar-refractivity contribution in [3.05, 3.63) is 91.0 Å². The number of anilines is 3. The molecule has 0 saturated carbocycles. The Hall–Kier alpha value is -3.55. The number of aromatic hydroxyl groups is 1. The summed E-state index contributed by atoms with van der Waals surface area (Å²) in [5.41, 5.74) is 6.79. The van der Waals surface area contributed by atoms with Gasteiger partial charge in [-0.2, -0.15) is 8.42 Å². The summed E-state index contributed by atoms with van der Waals surface area (Å²) in [5, 5.41) is 13.1. The molecule has 4 aromatic rings. The molecular weight excluding hydrogens is 388 g/mol. The Morgan fingerprint density at radius 2 is 1.38 bits per heavy atom. The Bertz CT molecular complexity index is 1210. The SMILES string of the molecule is Nc1ccccc1O.O=S(=O)(O)c1c(Nc2ccccc2)ccc2ccccc12. The van der Waals surface area contributed by atoms with Crippen molar-refractivity contribution in [1.82, 2.24) is 0 Å². The molecule has 0 amide bonds. The lowest BCUT2D eigenvalue weighted by atomic mass is 10.1. The zero-order valence-corrected chi connectivity index (χ0v) is 16.2. The molecule has 0 radical (unpaired) electrons. The molecule has 29 heavy (non-hydrogen) atoms. The third-order valence-electron chi connectivity index (χ3n) is 4.13. The second-order valence-corrected chi connectivity index (χ2v) is 7.55. The van der Waals surface area contributed by atoms with Gasteiger partial charge in [0.25, 0.3) is 10.1 Å². The number of fused-ring (bicyclic) bond motifs is 1. The van der Waals surface area contributed by atoms with Gasteiger partial charge in [-0.15, -0.1) is 0 Å². The Balaban J connectivity index is 0.000000252. The van der Waals surface area contributed by atoms with E-state index in [9.17, 15) is 13.0 Å². The van der Waals surface area contributed by atoms with Crippen LogP contribution in [0.15, 0.2) is 95.9 Å².